The van der Waals surface area contributed by atoms with E-state index in [9.17, 15) is 15.0 Å². The molecule has 0 unspecified atom stereocenters. The van der Waals surface area contributed by atoms with Gasteiger partial charge in [-0.3, -0.25) is 4.79 Å². The topological polar surface area (TPSA) is 62.5 Å². The zero-order valence-corrected chi connectivity index (χ0v) is 16.8. The second-order valence-electron chi connectivity index (χ2n) is 9.08. The predicted octanol–water partition coefficient (Wildman–Crippen LogP) is 4.49. The number of nitrogens with zero attached hydrogens (tertiary/aromatic N) is 1. The summed E-state index contributed by atoms with van der Waals surface area (Å²) in [5.74, 6) is 0.182. The van der Waals surface area contributed by atoms with Gasteiger partial charge in [-0.15, -0.1) is 0 Å². The van der Waals surface area contributed by atoms with Crippen LogP contribution in [0.1, 0.15) is 64.7 Å². The van der Waals surface area contributed by atoms with Gasteiger partial charge >= 0.3 is 0 Å². The van der Waals surface area contributed by atoms with Crippen molar-refractivity contribution < 1.29 is 10.2 Å². The van der Waals surface area contributed by atoms with Gasteiger partial charge in [-0.1, -0.05) is 53.7 Å². The maximum Gasteiger partial charge on any atom is 0.223 e. The minimum atomic E-state index is -0.357. The Kier molecular flexibility index (Phi) is 5.55. The molecule has 4 heteroatoms. The Hall–Kier alpha value is -2.23. The highest BCUT2D eigenvalue weighted by molar-refractivity contribution is 5.49. The lowest BCUT2D eigenvalue weighted by Crippen LogP contribution is -2.18. The number of aryl methyl sites for hydroxylation is 2. The molecule has 0 atom stereocenters. The van der Waals surface area contributed by atoms with E-state index in [1.54, 1.807) is 6.20 Å². The Bertz CT molecular complexity index is 801. The molecule has 0 saturated heterocycles. The highest BCUT2D eigenvalue weighted by atomic mass is 16.3. The molecular weight excluding hydrogens is 326 g/mol. The van der Waals surface area contributed by atoms with Crippen LogP contribution in [0.2, 0.25) is 0 Å². The van der Waals surface area contributed by atoms with E-state index in [2.05, 4.69) is 53.7 Å². The van der Waals surface area contributed by atoms with E-state index < -0.39 is 0 Å². The van der Waals surface area contributed by atoms with Crippen molar-refractivity contribution in [3.63, 3.8) is 0 Å². The normalized spacial score (nSPS) is 12.4. The van der Waals surface area contributed by atoms with Crippen LogP contribution in [0.5, 0.6) is 11.5 Å². The fraction of sp³-hybridized carbons (Fsp3) is 0.500. The third-order valence-corrected chi connectivity index (χ3v) is 4.63. The lowest BCUT2D eigenvalue weighted by atomic mass is 9.78. The second kappa shape index (κ2) is 7.18. The second-order valence-corrected chi connectivity index (χ2v) is 9.08. The molecule has 1 aromatic carbocycles. The number of benzene rings is 1. The Morgan fingerprint density at radius 3 is 1.96 bits per heavy atom. The van der Waals surface area contributed by atoms with Crippen LogP contribution in [0, 0.1) is 0 Å². The molecule has 1 aromatic heterocycles. The third-order valence-electron chi connectivity index (χ3n) is 4.63. The number of aromatic hydroxyl groups is 2. The molecule has 1 heterocycles. The maximum atomic E-state index is 11.3. The van der Waals surface area contributed by atoms with E-state index in [0.717, 1.165) is 24.0 Å². The molecule has 26 heavy (non-hydrogen) atoms. The van der Waals surface area contributed by atoms with Crippen molar-refractivity contribution in [2.45, 2.75) is 71.8 Å². The van der Waals surface area contributed by atoms with Gasteiger partial charge in [0.2, 0.25) is 5.43 Å². The smallest absolute Gasteiger partial charge is 0.223 e. The minimum absolute atomic E-state index is 0.134. The summed E-state index contributed by atoms with van der Waals surface area (Å²) in [7, 11) is 0. The van der Waals surface area contributed by atoms with Crippen LogP contribution in [-0.4, -0.2) is 14.8 Å². The maximum absolute atomic E-state index is 11.3. The fourth-order valence-corrected chi connectivity index (χ4v) is 3.10. The van der Waals surface area contributed by atoms with Crippen LogP contribution in [-0.2, 0) is 23.8 Å². The summed E-state index contributed by atoms with van der Waals surface area (Å²) < 4.78 is 1.83. The number of phenols is 1. The molecular formula is C22H31NO3. The molecule has 4 nitrogen and oxygen atoms in total. The van der Waals surface area contributed by atoms with E-state index in [-0.39, 0.29) is 22.0 Å². The molecule has 0 bridgehead atoms. The van der Waals surface area contributed by atoms with E-state index in [0.29, 0.717) is 12.3 Å². The Morgan fingerprint density at radius 1 is 0.962 bits per heavy atom. The summed E-state index contributed by atoms with van der Waals surface area (Å²) in [6, 6.07) is 5.59. The molecule has 2 N–H and O–H groups in total. The SMILES string of the molecule is CC(C)(C)c1cc(CCCn2ccc(=O)c(O)c2)cc(C(C)(C)C)c1O. The summed E-state index contributed by atoms with van der Waals surface area (Å²) >= 11 is 0. The molecule has 0 aliphatic carbocycles. The standard InChI is InChI=1S/C22H31NO3/c1-21(2,3)16-12-15(13-17(20(16)26)22(4,5)6)8-7-10-23-11-9-18(24)19(25)14-23/h9,11-14,25-26H,7-8,10H2,1-6H3. The van der Waals surface area contributed by atoms with Gasteiger partial charge in [0, 0.05) is 25.0 Å². The number of rotatable bonds is 4. The molecule has 0 spiro atoms. The van der Waals surface area contributed by atoms with Crippen molar-refractivity contribution >= 4 is 0 Å². The van der Waals surface area contributed by atoms with Crippen LogP contribution in [0.3, 0.4) is 0 Å². The first-order valence-electron chi connectivity index (χ1n) is 9.15. The summed E-state index contributed by atoms with van der Waals surface area (Å²) in [5, 5.41) is 20.3. The lowest BCUT2D eigenvalue weighted by molar-refractivity contribution is 0.422. The molecule has 0 saturated carbocycles. The number of aromatic nitrogens is 1. The van der Waals surface area contributed by atoms with Crippen LogP contribution in [0.25, 0.3) is 0 Å². The van der Waals surface area contributed by atoms with Crippen molar-refractivity contribution in [3.05, 3.63) is 57.5 Å². The van der Waals surface area contributed by atoms with Crippen molar-refractivity contribution in [1.29, 1.82) is 0 Å². The largest absolute Gasteiger partial charge is 0.507 e. The quantitative estimate of drug-likeness (QED) is 0.847. The van der Waals surface area contributed by atoms with Gasteiger partial charge in [0.25, 0.3) is 0 Å². The van der Waals surface area contributed by atoms with Crippen molar-refractivity contribution in [3.8, 4) is 11.5 Å². The summed E-state index contributed by atoms with van der Waals surface area (Å²) in [4.78, 5) is 11.3. The van der Waals surface area contributed by atoms with E-state index >= 15 is 0 Å². The minimum Gasteiger partial charge on any atom is -0.507 e. The van der Waals surface area contributed by atoms with E-state index in [1.165, 1.54) is 17.8 Å². The van der Waals surface area contributed by atoms with Gasteiger partial charge in [0.15, 0.2) is 5.75 Å². The molecule has 2 aromatic rings. The first-order chi connectivity index (χ1) is 11.9. The Balaban J connectivity index is 2.25. The van der Waals surface area contributed by atoms with Gasteiger partial charge in [0.1, 0.15) is 5.75 Å². The highest BCUT2D eigenvalue weighted by Crippen LogP contribution is 2.39. The van der Waals surface area contributed by atoms with Crippen LogP contribution >= 0.6 is 0 Å². The lowest BCUT2D eigenvalue weighted by Gasteiger charge is -2.28. The molecule has 0 amide bonds. The summed E-state index contributed by atoms with van der Waals surface area (Å²) in [6.45, 7) is 13.4. The summed E-state index contributed by atoms with van der Waals surface area (Å²) in [6.07, 6.45) is 4.90. The van der Waals surface area contributed by atoms with E-state index in [1.807, 2.05) is 4.57 Å². The Labute approximate surface area is 156 Å². The van der Waals surface area contributed by atoms with Crippen molar-refractivity contribution in [2.75, 3.05) is 0 Å². The van der Waals surface area contributed by atoms with Crippen molar-refractivity contribution in [2.24, 2.45) is 0 Å². The van der Waals surface area contributed by atoms with Gasteiger partial charge in [0.05, 0.1) is 0 Å². The van der Waals surface area contributed by atoms with Gasteiger partial charge < -0.3 is 14.8 Å². The number of pyridine rings is 1. The molecule has 0 aliphatic rings. The zero-order chi connectivity index (χ0) is 19.7. The van der Waals surface area contributed by atoms with E-state index in [4.69, 9.17) is 0 Å². The predicted molar refractivity (Wildman–Crippen MR) is 106 cm³/mol. The average molecular weight is 357 g/mol. The van der Waals surface area contributed by atoms with Crippen molar-refractivity contribution in [1.82, 2.24) is 4.57 Å². The monoisotopic (exact) mass is 357 g/mol. The molecule has 0 aliphatic heterocycles. The average Bonchev–Trinajstić information content (AvgIpc) is 2.50. The van der Waals surface area contributed by atoms with Crippen LogP contribution in [0.4, 0.5) is 0 Å². The third kappa shape index (κ3) is 4.69. The number of phenolic OH excluding ortho intramolecular Hbond substituents is 1. The van der Waals surface area contributed by atoms with Gasteiger partial charge in [-0.05, 0) is 40.4 Å². The molecule has 142 valence electrons. The number of hydrogen-bond acceptors (Lipinski definition) is 3. The molecule has 0 fully saturated rings. The highest BCUT2D eigenvalue weighted by Gasteiger charge is 2.26. The zero-order valence-electron chi connectivity index (χ0n) is 16.8. The number of hydrogen-bond donors (Lipinski definition) is 2. The fourth-order valence-electron chi connectivity index (χ4n) is 3.10. The Morgan fingerprint density at radius 2 is 1.50 bits per heavy atom. The first kappa shape index (κ1) is 20.1. The van der Waals surface area contributed by atoms with Crippen LogP contribution < -0.4 is 5.43 Å². The summed E-state index contributed by atoms with van der Waals surface area (Å²) in [5.41, 5.74) is 2.52. The van der Waals surface area contributed by atoms with Gasteiger partial charge in [-0.25, -0.2) is 0 Å². The molecule has 0 radical (unpaired) electrons. The molecule has 2 rings (SSSR count). The van der Waals surface area contributed by atoms with Crippen LogP contribution in [0.15, 0.2) is 35.4 Å². The van der Waals surface area contributed by atoms with Gasteiger partial charge in [-0.2, -0.15) is 0 Å². The first-order valence-corrected chi connectivity index (χ1v) is 9.15.